The fourth-order valence-corrected chi connectivity index (χ4v) is 2.14. The lowest BCUT2D eigenvalue weighted by Crippen LogP contribution is -2.35. The summed E-state index contributed by atoms with van der Waals surface area (Å²) in [6, 6.07) is 8.88. The fourth-order valence-electron chi connectivity index (χ4n) is 2.14. The molecule has 0 atom stereocenters. The Morgan fingerprint density at radius 2 is 2.11 bits per heavy atom. The average Bonchev–Trinajstić information content (AvgIpc) is 2.38. The van der Waals surface area contributed by atoms with Crippen LogP contribution >= 0.6 is 0 Å². The van der Waals surface area contributed by atoms with E-state index in [-0.39, 0.29) is 0 Å². The van der Waals surface area contributed by atoms with Crippen molar-refractivity contribution in [2.45, 2.75) is 32.7 Å². The molecule has 0 radical (unpaired) electrons. The Morgan fingerprint density at radius 3 is 2.83 bits per heavy atom. The molecule has 0 spiro atoms. The van der Waals surface area contributed by atoms with Crippen LogP contribution in [0.15, 0.2) is 24.3 Å². The molecular formula is C15H24N2O. The number of benzene rings is 1. The minimum Gasteiger partial charge on any atom is -0.493 e. The molecule has 0 aromatic heterocycles. The second kappa shape index (κ2) is 6.64. The van der Waals surface area contributed by atoms with E-state index in [2.05, 4.69) is 42.7 Å². The van der Waals surface area contributed by atoms with Crippen molar-refractivity contribution in [3.63, 3.8) is 0 Å². The summed E-state index contributed by atoms with van der Waals surface area (Å²) in [7, 11) is 0. The van der Waals surface area contributed by atoms with Crippen LogP contribution in [0.3, 0.4) is 0 Å². The van der Waals surface area contributed by atoms with Crippen LogP contribution in [0.25, 0.3) is 0 Å². The Morgan fingerprint density at radius 1 is 1.33 bits per heavy atom. The summed E-state index contributed by atoms with van der Waals surface area (Å²) in [4.78, 5) is 0. The van der Waals surface area contributed by atoms with Crippen molar-refractivity contribution in [1.29, 1.82) is 0 Å². The molecule has 0 bridgehead atoms. The maximum atomic E-state index is 5.74. The van der Waals surface area contributed by atoms with Gasteiger partial charge in [-0.1, -0.05) is 19.9 Å². The Hall–Kier alpha value is -1.22. The number of ether oxygens (including phenoxy) is 1. The van der Waals surface area contributed by atoms with Gasteiger partial charge in [-0.15, -0.1) is 0 Å². The zero-order chi connectivity index (χ0) is 12.8. The van der Waals surface area contributed by atoms with Crippen molar-refractivity contribution in [2.75, 3.05) is 25.0 Å². The van der Waals surface area contributed by atoms with Crippen molar-refractivity contribution in [3.05, 3.63) is 24.3 Å². The largest absolute Gasteiger partial charge is 0.493 e. The van der Waals surface area contributed by atoms with Gasteiger partial charge in [0, 0.05) is 17.8 Å². The van der Waals surface area contributed by atoms with Crippen LogP contribution in [0, 0.1) is 5.92 Å². The van der Waals surface area contributed by atoms with Crippen LogP contribution in [0.2, 0.25) is 0 Å². The van der Waals surface area contributed by atoms with E-state index in [0.29, 0.717) is 12.0 Å². The molecule has 3 nitrogen and oxygen atoms in total. The molecule has 1 aromatic carbocycles. The third kappa shape index (κ3) is 4.22. The summed E-state index contributed by atoms with van der Waals surface area (Å²) in [5.41, 5.74) is 1.17. The number of nitrogens with one attached hydrogen (secondary N) is 2. The van der Waals surface area contributed by atoms with Gasteiger partial charge in [0.15, 0.2) is 0 Å². The van der Waals surface area contributed by atoms with E-state index < -0.39 is 0 Å². The van der Waals surface area contributed by atoms with E-state index in [9.17, 15) is 0 Å². The Labute approximate surface area is 110 Å². The van der Waals surface area contributed by atoms with Crippen molar-refractivity contribution < 1.29 is 4.74 Å². The molecule has 1 aliphatic heterocycles. The van der Waals surface area contributed by atoms with Crippen molar-refractivity contribution >= 4 is 5.69 Å². The molecule has 3 heteroatoms. The molecule has 2 rings (SSSR count). The fraction of sp³-hybridized carbons (Fsp3) is 0.600. The molecular weight excluding hydrogens is 224 g/mol. The molecule has 100 valence electrons. The third-order valence-electron chi connectivity index (χ3n) is 3.13. The van der Waals surface area contributed by atoms with Gasteiger partial charge in [0.25, 0.3) is 0 Å². The molecule has 0 unspecified atom stereocenters. The lowest BCUT2D eigenvalue weighted by molar-refractivity contribution is 0.271. The second-order valence-corrected chi connectivity index (χ2v) is 5.40. The van der Waals surface area contributed by atoms with Crippen molar-refractivity contribution in [1.82, 2.24) is 5.32 Å². The predicted molar refractivity (Wildman–Crippen MR) is 76.3 cm³/mol. The van der Waals surface area contributed by atoms with Gasteiger partial charge in [0.1, 0.15) is 5.75 Å². The highest BCUT2D eigenvalue weighted by Gasteiger charge is 2.12. The lowest BCUT2D eigenvalue weighted by atomic mass is 10.1. The van der Waals surface area contributed by atoms with Crippen molar-refractivity contribution in [3.8, 4) is 5.75 Å². The van der Waals surface area contributed by atoms with Crippen LogP contribution in [0.4, 0.5) is 5.69 Å². The predicted octanol–water partition coefficient (Wildman–Crippen LogP) is 2.89. The van der Waals surface area contributed by atoms with E-state index in [4.69, 9.17) is 4.74 Å². The molecule has 1 heterocycles. The minimum atomic E-state index is 0.561. The zero-order valence-electron chi connectivity index (χ0n) is 11.4. The first kappa shape index (κ1) is 13.2. The molecule has 0 aliphatic carbocycles. The smallest absolute Gasteiger partial charge is 0.121 e. The first-order chi connectivity index (χ1) is 8.74. The van der Waals surface area contributed by atoms with Gasteiger partial charge in [0.2, 0.25) is 0 Å². The molecule has 0 amide bonds. The van der Waals surface area contributed by atoms with Crippen LogP contribution in [0.5, 0.6) is 5.75 Å². The normalized spacial score (nSPS) is 16.8. The zero-order valence-corrected chi connectivity index (χ0v) is 11.4. The minimum absolute atomic E-state index is 0.561. The Balaban J connectivity index is 1.89. The average molecular weight is 248 g/mol. The van der Waals surface area contributed by atoms with Crippen LogP contribution in [-0.2, 0) is 0 Å². The van der Waals surface area contributed by atoms with E-state index in [0.717, 1.165) is 25.4 Å². The number of anilines is 1. The van der Waals surface area contributed by atoms with Crippen LogP contribution < -0.4 is 15.4 Å². The Kier molecular flexibility index (Phi) is 4.88. The lowest BCUT2D eigenvalue weighted by Gasteiger charge is -2.24. The van der Waals surface area contributed by atoms with Gasteiger partial charge in [0.05, 0.1) is 6.61 Å². The molecule has 18 heavy (non-hydrogen) atoms. The van der Waals surface area contributed by atoms with Crippen LogP contribution in [0.1, 0.15) is 26.7 Å². The standard InChI is InChI=1S/C15H24N2O/c1-12(2)11-18-15-5-3-4-14(10-15)17-13-6-8-16-9-7-13/h3-5,10,12-13,16-17H,6-9,11H2,1-2H3. The quantitative estimate of drug-likeness (QED) is 0.840. The molecule has 1 fully saturated rings. The first-order valence-electron chi connectivity index (χ1n) is 6.94. The number of piperidine rings is 1. The molecule has 1 aliphatic rings. The summed E-state index contributed by atoms with van der Waals surface area (Å²) in [6.07, 6.45) is 2.38. The molecule has 1 aromatic rings. The van der Waals surface area contributed by atoms with Gasteiger partial charge in [-0.2, -0.15) is 0 Å². The molecule has 2 N–H and O–H groups in total. The third-order valence-corrected chi connectivity index (χ3v) is 3.13. The maximum Gasteiger partial charge on any atom is 0.121 e. The van der Waals surface area contributed by atoms with E-state index in [1.807, 2.05) is 6.07 Å². The van der Waals surface area contributed by atoms with Gasteiger partial charge < -0.3 is 15.4 Å². The summed E-state index contributed by atoms with van der Waals surface area (Å²) in [6.45, 7) is 7.33. The number of rotatable bonds is 5. The highest BCUT2D eigenvalue weighted by atomic mass is 16.5. The molecule has 1 saturated heterocycles. The van der Waals surface area contributed by atoms with Gasteiger partial charge in [-0.05, 0) is 44.0 Å². The van der Waals surface area contributed by atoms with Gasteiger partial charge >= 0.3 is 0 Å². The SMILES string of the molecule is CC(C)COc1cccc(NC2CCNCC2)c1. The summed E-state index contributed by atoms with van der Waals surface area (Å²) in [5, 5.41) is 6.97. The van der Waals surface area contributed by atoms with E-state index in [1.54, 1.807) is 0 Å². The van der Waals surface area contributed by atoms with Crippen molar-refractivity contribution in [2.24, 2.45) is 5.92 Å². The summed E-state index contributed by atoms with van der Waals surface area (Å²) < 4.78 is 5.74. The summed E-state index contributed by atoms with van der Waals surface area (Å²) >= 11 is 0. The van der Waals surface area contributed by atoms with E-state index in [1.165, 1.54) is 18.5 Å². The van der Waals surface area contributed by atoms with Gasteiger partial charge in [-0.25, -0.2) is 0 Å². The summed E-state index contributed by atoms with van der Waals surface area (Å²) in [5.74, 6) is 1.52. The highest BCUT2D eigenvalue weighted by molar-refractivity contribution is 5.48. The van der Waals surface area contributed by atoms with E-state index >= 15 is 0 Å². The second-order valence-electron chi connectivity index (χ2n) is 5.40. The highest BCUT2D eigenvalue weighted by Crippen LogP contribution is 2.20. The topological polar surface area (TPSA) is 33.3 Å². The number of hydrogen-bond donors (Lipinski definition) is 2. The van der Waals surface area contributed by atoms with Gasteiger partial charge in [-0.3, -0.25) is 0 Å². The number of hydrogen-bond acceptors (Lipinski definition) is 3. The Bertz CT molecular complexity index is 359. The van der Waals surface area contributed by atoms with Crippen LogP contribution in [-0.4, -0.2) is 25.7 Å². The first-order valence-corrected chi connectivity index (χ1v) is 6.94. The molecule has 0 saturated carbocycles. The monoisotopic (exact) mass is 248 g/mol. The maximum absolute atomic E-state index is 5.74.